The van der Waals surface area contributed by atoms with E-state index in [0.29, 0.717) is 0 Å². The van der Waals surface area contributed by atoms with Gasteiger partial charge in [-0.3, -0.25) is 4.98 Å². The monoisotopic (exact) mass is 240 g/mol. The van der Waals surface area contributed by atoms with Crippen molar-refractivity contribution in [1.82, 2.24) is 4.98 Å². The topological polar surface area (TPSA) is 38.9 Å². The standard InChI is InChI=1S/C16H20N2/c1-5-13-9-14(8-11(3)16(13)17)15-10(2)6-7-18-12(15)4/h6-9H,5,17H2,1-4H3. The zero-order valence-electron chi connectivity index (χ0n) is 11.5. The van der Waals surface area contributed by atoms with Crippen LogP contribution in [0.1, 0.15) is 29.3 Å². The Balaban J connectivity index is 2.68. The molecule has 0 saturated carbocycles. The van der Waals surface area contributed by atoms with Crippen LogP contribution in [0.25, 0.3) is 11.1 Å². The molecule has 0 aliphatic rings. The van der Waals surface area contributed by atoms with Gasteiger partial charge in [-0.1, -0.05) is 6.92 Å². The number of benzene rings is 1. The predicted molar refractivity (Wildman–Crippen MR) is 77.7 cm³/mol. The Labute approximate surface area is 109 Å². The Bertz CT molecular complexity index is 566. The molecule has 1 aromatic heterocycles. The predicted octanol–water partition coefficient (Wildman–Crippen LogP) is 3.82. The lowest BCUT2D eigenvalue weighted by atomic mass is 9.94. The third kappa shape index (κ3) is 2.10. The summed E-state index contributed by atoms with van der Waals surface area (Å²) < 4.78 is 0. The minimum absolute atomic E-state index is 0.917. The molecule has 0 saturated heterocycles. The molecule has 94 valence electrons. The van der Waals surface area contributed by atoms with E-state index in [1.54, 1.807) is 0 Å². The molecule has 0 aliphatic heterocycles. The van der Waals surface area contributed by atoms with Crippen LogP contribution in [-0.2, 0) is 6.42 Å². The Morgan fingerprint density at radius 2 is 1.83 bits per heavy atom. The summed E-state index contributed by atoms with van der Waals surface area (Å²) in [7, 11) is 0. The first-order valence-corrected chi connectivity index (χ1v) is 6.36. The van der Waals surface area contributed by atoms with Crippen LogP contribution in [0.5, 0.6) is 0 Å². The van der Waals surface area contributed by atoms with E-state index in [-0.39, 0.29) is 0 Å². The maximum Gasteiger partial charge on any atom is 0.0453 e. The summed E-state index contributed by atoms with van der Waals surface area (Å²) >= 11 is 0. The maximum atomic E-state index is 6.10. The SMILES string of the molecule is CCc1cc(-c2c(C)ccnc2C)cc(C)c1N. The second-order valence-electron chi connectivity index (χ2n) is 4.81. The molecule has 18 heavy (non-hydrogen) atoms. The van der Waals surface area contributed by atoms with Gasteiger partial charge in [-0.25, -0.2) is 0 Å². The molecular weight excluding hydrogens is 220 g/mol. The summed E-state index contributed by atoms with van der Waals surface area (Å²) in [6.45, 7) is 8.39. The van der Waals surface area contributed by atoms with Gasteiger partial charge in [0.2, 0.25) is 0 Å². The number of nitrogens with zero attached hydrogens (tertiary/aromatic N) is 1. The molecule has 2 N–H and O–H groups in total. The highest BCUT2D eigenvalue weighted by Crippen LogP contribution is 2.30. The van der Waals surface area contributed by atoms with Gasteiger partial charge in [0, 0.05) is 23.1 Å². The van der Waals surface area contributed by atoms with Gasteiger partial charge in [-0.05, 0) is 67.6 Å². The second-order valence-corrected chi connectivity index (χ2v) is 4.81. The molecule has 0 bridgehead atoms. The van der Waals surface area contributed by atoms with E-state index < -0.39 is 0 Å². The normalized spacial score (nSPS) is 10.7. The van der Waals surface area contributed by atoms with Crippen molar-refractivity contribution < 1.29 is 0 Å². The maximum absolute atomic E-state index is 6.10. The lowest BCUT2D eigenvalue weighted by Crippen LogP contribution is -1.99. The fraction of sp³-hybridized carbons (Fsp3) is 0.312. The van der Waals surface area contributed by atoms with Crippen molar-refractivity contribution in [3.05, 3.63) is 46.8 Å². The van der Waals surface area contributed by atoms with Crippen LogP contribution in [0.2, 0.25) is 0 Å². The molecule has 1 aromatic carbocycles. The van der Waals surface area contributed by atoms with Crippen LogP contribution in [0.3, 0.4) is 0 Å². The van der Waals surface area contributed by atoms with E-state index in [1.807, 2.05) is 6.20 Å². The summed E-state index contributed by atoms with van der Waals surface area (Å²) in [4.78, 5) is 4.39. The van der Waals surface area contributed by atoms with E-state index in [4.69, 9.17) is 5.73 Å². The van der Waals surface area contributed by atoms with Gasteiger partial charge in [0.05, 0.1) is 0 Å². The van der Waals surface area contributed by atoms with Gasteiger partial charge in [0.15, 0.2) is 0 Å². The van der Waals surface area contributed by atoms with Crippen LogP contribution in [0.15, 0.2) is 24.4 Å². The van der Waals surface area contributed by atoms with Gasteiger partial charge in [0.25, 0.3) is 0 Å². The minimum Gasteiger partial charge on any atom is -0.398 e. The number of aromatic nitrogens is 1. The molecule has 0 aliphatic carbocycles. The van der Waals surface area contributed by atoms with Gasteiger partial charge >= 0.3 is 0 Å². The van der Waals surface area contributed by atoms with Crippen molar-refractivity contribution in [2.24, 2.45) is 0 Å². The smallest absolute Gasteiger partial charge is 0.0453 e. The van der Waals surface area contributed by atoms with E-state index >= 15 is 0 Å². The summed E-state index contributed by atoms with van der Waals surface area (Å²) in [6, 6.07) is 6.41. The summed E-state index contributed by atoms with van der Waals surface area (Å²) in [5.74, 6) is 0. The Kier molecular flexibility index (Phi) is 3.37. The number of nitrogens with two attached hydrogens (primary N) is 1. The Morgan fingerprint density at radius 3 is 2.44 bits per heavy atom. The van der Waals surface area contributed by atoms with Crippen molar-refractivity contribution in [1.29, 1.82) is 0 Å². The molecule has 2 rings (SSSR count). The highest BCUT2D eigenvalue weighted by Gasteiger charge is 2.10. The largest absolute Gasteiger partial charge is 0.398 e. The highest BCUT2D eigenvalue weighted by molar-refractivity contribution is 5.74. The molecule has 0 radical (unpaired) electrons. The Morgan fingerprint density at radius 1 is 1.11 bits per heavy atom. The third-order valence-corrected chi connectivity index (χ3v) is 3.49. The van der Waals surface area contributed by atoms with Crippen molar-refractivity contribution in [3.8, 4) is 11.1 Å². The quantitative estimate of drug-likeness (QED) is 0.810. The van der Waals surface area contributed by atoms with Gasteiger partial charge in [0.1, 0.15) is 0 Å². The van der Waals surface area contributed by atoms with Crippen molar-refractivity contribution >= 4 is 5.69 Å². The lowest BCUT2D eigenvalue weighted by Gasteiger charge is -2.14. The van der Waals surface area contributed by atoms with E-state index in [9.17, 15) is 0 Å². The molecule has 0 unspecified atom stereocenters. The third-order valence-electron chi connectivity index (χ3n) is 3.49. The fourth-order valence-electron chi connectivity index (χ4n) is 2.44. The van der Waals surface area contributed by atoms with Crippen molar-refractivity contribution in [2.45, 2.75) is 34.1 Å². The molecule has 2 nitrogen and oxygen atoms in total. The molecule has 2 aromatic rings. The molecule has 2 heteroatoms. The van der Waals surface area contributed by atoms with Gasteiger partial charge in [-0.2, -0.15) is 0 Å². The summed E-state index contributed by atoms with van der Waals surface area (Å²) in [5, 5.41) is 0. The molecule has 0 spiro atoms. The molecule has 1 heterocycles. The first-order chi connectivity index (χ1) is 8.54. The lowest BCUT2D eigenvalue weighted by molar-refractivity contribution is 1.13. The number of rotatable bonds is 2. The zero-order valence-corrected chi connectivity index (χ0v) is 11.5. The number of nitrogen functional groups attached to an aromatic ring is 1. The summed E-state index contributed by atoms with van der Waals surface area (Å²) in [5.41, 5.74) is 14.2. The van der Waals surface area contributed by atoms with Crippen LogP contribution < -0.4 is 5.73 Å². The molecule has 0 fully saturated rings. The number of aryl methyl sites for hydroxylation is 4. The highest BCUT2D eigenvalue weighted by atomic mass is 14.7. The average molecular weight is 240 g/mol. The minimum atomic E-state index is 0.917. The Hall–Kier alpha value is -1.83. The average Bonchev–Trinajstić information content (AvgIpc) is 2.33. The van der Waals surface area contributed by atoms with Gasteiger partial charge < -0.3 is 5.73 Å². The molecular formula is C16H20N2. The zero-order chi connectivity index (χ0) is 13.3. The number of pyridine rings is 1. The van der Waals surface area contributed by atoms with Crippen molar-refractivity contribution in [3.63, 3.8) is 0 Å². The van der Waals surface area contributed by atoms with E-state index in [2.05, 4.69) is 50.9 Å². The van der Waals surface area contributed by atoms with E-state index in [0.717, 1.165) is 23.4 Å². The first kappa shape index (κ1) is 12.6. The second kappa shape index (κ2) is 4.81. The van der Waals surface area contributed by atoms with Crippen molar-refractivity contribution in [2.75, 3.05) is 5.73 Å². The van der Waals surface area contributed by atoms with Crippen LogP contribution in [0.4, 0.5) is 5.69 Å². The first-order valence-electron chi connectivity index (χ1n) is 6.36. The fourth-order valence-corrected chi connectivity index (χ4v) is 2.44. The number of hydrogen-bond donors (Lipinski definition) is 1. The molecule has 0 atom stereocenters. The van der Waals surface area contributed by atoms with E-state index in [1.165, 1.54) is 22.3 Å². The summed E-state index contributed by atoms with van der Waals surface area (Å²) in [6.07, 6.45) is 2.82. The number of anilines is 1. The van der Waals surface area contributed by atoms with Crippen LogP contribution in [0, 0.1) is 20.8 Å². The van der Waals surface area contributed by atoms with Crippen LogP contribution in [-0.4, -0.2) is 4.98 Å². The molecule has 0 amide bonds. The number of hydrogen-bond acceptors (Lipinski definition) is 2. The van der Waals surface area contributed by atoms with Crippen LogP contribution >= 0.6 is 0 Å². The van der Waals surface area contributed by atoms with Gasteiger partial charge in [-0.15, -0.1) is 0 Å².